The maximum atomic E-state index is 13.0. The molecule has 168 valence electrons. The summed E-state index contributed by atoms with van der Waals surface area (Å²) in [5.41, 5.74) is 1.57. The van der Waals surface area contributed by atoms with Crippen molar-refractivity contribution >= 4 is 27.9 Å². The number of imide groups is 1. The number of hydrazine groups is 1. The lowest BCUT2D eigenvalue weighted by Crippen LogP contribution is -2.48. The van der Waals surface area contributed by atoms with Crippen LogP contribution in [-0.4, -0.2) is 48.7 Å². The van der Waals surface area contributed by atoms with Crippen molar-refractivity contribution in [1.82, 2.24) is 20.1 Å². The van der Waals surface area contributed by atoms with Crippen LogP contribution < -0.4 is 10.7 Å². The van der Waals surface area contributed by atoms with Crippen molar-refractivity contribution in [2.75, 3.05) is 13.1 Å². The Hall–Kier alpha value is -3.24. The van der Waals surface area contributed by atoms with Crippen molar-refractivity contribution < 1.29 is 22.8 Å². The van der Waals surface area contributed by atoms with Gasteiger partial charge in [-0.15, -0.1) is 0 Å². The third kappa shape index (κ3) is 3.87. The Kier molecular flexibility index (Phi) is 5.74. The van der Waals surface area contributed by atoms with Gasteiger partial charge in [-0.3, -0.25) is 15.0 Å². The molecule has 2 N–H and O–H groups in total. The van der Waals surface area contributed by atoms with Gasteiger partial charge >= 0.3 is 6.03 Å². The molecule has 0 saturated carbocycles. The van der Waals surface area contributed by atoms with Crippen LogP contribution in [0.25, 0.3) is 0 Å². The van der Waals surface area contributed by atoms with E-state index in [1.54, 1.807) is 37.3 Å². The van der Waals surface area contributed by atoms with Gasteiger partial charge in [-0.1, -0.05) is 42.8 Å². The topological polar surface area (TPSA) is 116 Å². The molecule has 0 aromatic heterocycles. The van der Waals surface area contributed by atoms with Gasteiger partial charge in [0.25, 0.3) is 11.8 Å². The third-order valence-corrected chi connectivity index (χ3v) is 7.70. The van der Waals surface area contributed by atoms with Crippen molar-refractivity contribution in [3.05, 3.63) is 65.7 Å². The Bertz CT molecular complexity index is 1160. The minimum atomic E-state index is -3.73. The van der Waals surface area contributed by atoms with Crippen LogP contribution in [0.15, 0.2) is 59.5 Å². The number of rotatable bonds is 5. The van der Waals surface area contributed by atoms with Crippen LogP contribution >= 0.6 is 0 Å². The van der Waals surface area contributed by atoms with Gasteiger partial charge in [-0.25, -0.2) is 13.2 Å². The quantitative estimate of drug-likeness (QED) is 0.668. The van der Waals surface area contributed by atoms with Crippen LogP contribution in [0.2, 0.25) is 0 Å². The van der Waals surface area contributed by atoms with Crippen LogP contribution in [0.4, 0.5) is 4.79 Å². The predicted molar refractivity (Wildman–Crippen MR) is 116 cm³/mol. The molecule has 0 aliphatic carbocycles. The van der Waals surface area contributed by atoms with Crippen molar-refractivity contribution in [3.63, 3.8) is 0 Å². The summed E-state index contributed by atoms with van der Waals surface area (Å²) < 4.78 is 27.2. The van der Waals surface area contributed by atoms with Crippen LogP contribution in [0, 0.1) is 0 Å². The van der Waals surface area contributed by atoms with E-state index >= 15 is 0 Å². The largest absolute Gasteiger partial charge is 0.344 e. The van der Waals surface area contributed by atoms with E-state index in [2.05, 4.69) is 10.7 Å². The van der Waals surface area contributed by atoms with Crippen molar-refractivity contribution in [3.8, 4) is 0 Å². The van der Waals surface area contributed by atoms with E-state index in [0.717, 1.165) is 19.3 Å². The fourth-order valence-electron chi connectivity index (χ4n) is 3.93. The maximum absolute atomic E-state index is 13.0. The monoisotopic (exact) mass is 456 g/mol. The molecule has 0 bridgehead atoms. The lowest BCUT2D eigenvalue weighted by molar-refractivity contribution is -0.132. The summed E-state index contributed by atoms with van der Waals surface area (Å²) in [5, 5.41) is 3.23. The van der Waals surface area contributed by atoms with E-state index in [-0.39, 0.29) is 10.5 Å². The number of hydrogen-bond acceptors (Lipinski definition) is 5. The number of amides is 4. The SMILES string of the molecule is C[C@]1(c2ccccc2)NC(=O)N(NC(=O)c2cccc(S(=O)(=O)N3CCCCC3)c2)C1=O. The molecule has 4 rings (SSSR count). The highest BCUT2D eigenvalue weighted by molar-refractivity contribution is 7.89. The fraction of sp³-hybridized carbons (Fsp3) is 0.318. The lowest BCUT2D eigenvalue weighted by Gasteiger charge is -2.26. The Morgan fingerprint density at radius 1 is 1.00 bits per heavy atom. The standard InChI is InChI=1S/C22H24N4O5S/c1-22(17-10-4-2-5-11-17)20(28)26(21(29)23-22)24-19(27)16-9-8-12-18(15-16)32(30,31)25-13-6-3-7-14-25/h2,4-5,8-12,15H,3,6-7,13-14H2,1H3,(H,23,29)(H,24,27)/t22-/m1/s1. The number of hydrogen-bond donors (Lipinski definition) is 2. The molecule has 0 spiro atoms. The molecule has 2 aliphatic rings. The summed E-state index contributed by atoms with van der Waals surface area (Å²) in [5.74, 6) is -1.40. The fourth-order valence-corrected chi connectivity index (χ4v) is 5.49. The first-order chi connectivity index (χ1) is 15.2. The molecule has 1 atom stereocenters. The molecular weight excluding hydrogens is 432 g/mol. The predicted octanol–water partition coefficient (Wildman–Crippen LogP) is 1.97. The minimum absolute atomic E-state index is 0.00151. The molecule has 0 radical (unpaired) electrons. The van der Waals surface area contributed by atoms with Crippen molar-refractivity contribution in [1.29, 1.82) is 0 Å². The van der Waals surface area contributed by atoms with Crippen LogP contribution in [0.5, 0.6) is 0 Å². The average Bonchev–Trinajstić information content (AvgIpc) is 3.04. The lowest BCUT2D eigenvalue weighted by atomic mass is 9.92. The zero-order chi connectivity index (χ0) is 22.9. The van der Waals surface area contributed by atoms with Crippen LogP contribution in [-0.2, 0) is 20.4 Å². The number of benzene rings is 2. The Morgan fingerprint density at radius 3 is 2.38 bits per heavy atom. The molecule has 2 aliphatic heterocycles. The second-order valence-electron chi connectivity index (χ2n) is 8.00. The number of sulfonamides is 1. The first kappa shape index (κ1) is 22.0. The summed E-state index contributed by atoms with van der Waals surface area (Å²) >= 11 is 0. The second kappa shape index (κ2) is 8.36. The molecule has 10 heteroatoms. The minimum Gasteiger partial charge on any atom is -0.318 e. The van der Waals surface area contributed by atoms with Gasteiger partial charge in [0.1, 0.15) is 5.54 Å². The molecule has 32 heavy (non-hydrogen) atoms. The summed E-state index contributed by atoms with van der Waals surface area (Å²) in [6, 6.07) is 13.5. The first-order valence-electron chi connectivity index (χ1n) is 10.4. The molecule has 0 unspecified atom stereocenters. The zero-order valence-corrected chi connectivity index (χ0v) is 18.4. The number of carbonyl (C=O) groups is 3. The van der Waals surface area contributed by atoms with Crippen molar-refractivity contribution in [2.45, 2.75) is 36.6 Å². The maximum Gasteiger partial charge on any atom is 0.344 e. The smallest absolute Gasteiger partial charge is 0.318 e. The zero-order valence-electron chi connectivity index (χ0n) is 17.6. The number of urea groups is 1. The third-order valence-electron chi connectivity index (χ3n) is 5.80. The number of piperidine rings is 1. The summed E-state index contributed by atoms with van der Waals surface area (Å²) in [7, 11) is -3.73. The van der Waals surface area contributed by atoms with Gasteiger partial charge in [0.2, 0.25) is 10.0 Å². The molecule has 2 saturated heterocycles. The summed E-state index contributed by atoms with van der Waals surface area (Å²) in [6.45, 7) is 2.44. The van der Waals surface area contributed by atoms with Crippen LogP contribution in [0.3, 0.4) is 0 Å². The van der Waals surface area contributed by atoms with Gasteiger partial charge in [-0.2, -0.15) is 9.31 Å². The first-order valence-corrected chi connectivity index (χ1v) is 11.8. The highest BCUT2D eigenvalue weighted by atomic mass is 32.2. The highest BCUT2D eigenvalue weighted by Crippen LogP contribution is 2.28. The number of nitrogens with one attached hydrogen (secondary N) is 2. The van der Waals surface area contributed by atoms with Crippen LogP contribution in [0.1, 0.15) is 42.1 Å². The Morgan fingerprint density at radius 2 is 1.69 bits per heavy atom. The molecule has 2 aromatic carbocycles. The number of nitrogens with zero attached hydrogens (tertiary/aromatic N) is 2. The molecule has 2 aromatic rings. The highest BCUT2D eigenvalue weighted by Gasteiger charge is 2.50. The van der Waals surface area contributed by atoms with Gasteiger partial charge in [0.05, 0.1) is 4.90 Å². The van der Waals surface area contributed by atoms with Gasteiger partial charge in [-0.05, 0) is 43.5 Å². The molecule has 4 amide bonds. The molecule has 9 nitrogen and oxygen atoms in total. The van der Waals surface area contributed by atoms with E-state index in [9.17, 15) is 22.8 Å². The average molecular weight is 457 g/mol. The molecule has 2 fully saturated rings. The van der Waals surface area contributed by atoms with E-state index in [0.29, 0.717) is 23.7 Å². The summed E-state index contributed by atoms with van der Waals surface area (Å²) in [4.78, 5) is 38.2. The Labute approximate surface area is 186 Å². The van der Waals surface area contributed by atoms with Gasteiger partial charge in [0.15, 0.2) is 0 Å². The van der Waals surface area contributed by atoms with E-state index in [1.165, 1.54) is 28.6 Å². The van der Waals surface area contributed by atoms with Gasteiger partial charge < -0.3 is 5.32 Å². The van der Waals surface area contributed by atoms with Crippen molar-refractivity contribution in [2.24, 2.45) is 0 Å². The summed E-state index contributed by atoms with van der Waals surface area (Å²) in [6.07, 6.45) is 2.58. The van der Waals surface area contributed by atoms with E-state index < -0.39 is 33.4 Å². The number of carbonyl (C=O) groups excluding carboxylic acids is 3. The normalized spacial score (nSPS) is 22.0. The molecular formula is C22H24N4O5S. The Balaban J connectivity index is 1.54. The molecule has 2 heterocycles. The van der Waals surface area contributed by atoms with Gasteiger partial charge in [0, 0.05) is 18.7 Å². The van der Waals surface area contributed by atoms with E-state index in [1.807, 2.05) is 0 Å². The second-order valence-corrected chi connectivity index (χ2v) is 9.93. The van der Waals surface area contributed by atoms with E-state index in [4.69, 9.17) is 0 Å².